The molecule has 4 nitrogen and oxygen atoms in total. The zero-order valence-electron chi connectivity index (χ0n) is 7.25. The number of hydrogen-bond donors (Lipinski definition) is 0. The zero-order chi connectivity index (χ0) is 10.4. The number of rotatable bonds is 4. The first kappa shape index (κ1) is 11.8. The third kappa shape index (κ3) is 3.82. The number of carbonyl (C=O) groups excluding carboxylic acids is 2. The minimum Gasteiger partial charge on any atom is -0.468 e. The van der Waals surface area contributed by atoms with Crippen LogP contribution < -0.4 is 0 Å². The lowest BCUT2D eigenvalue weighted by atomic mass is 10.1. The zero-order valence-corrected chi connectivity index (χ0v) is 7.25. The van der Waals surface area contributed by atoms with Gasteiger partial charge in [0.2, 0.25) is 6.43 Å². The van der Waals surface area contributed by atoms with E-state index in [0.29, 0.717) is 0 Å². The van der Waals surface area contributed by atoms with E-state index in [1.54, 1.807) is 0 Å². The van der Waals surface area contributed by atoms with E-state index in [9.17, 15) is 18.4 Å². The SMILES string of the molecule is COC(=O)C(CC(F)F)C(=O)OC. The van der Waals surface area contributed by atoms with Gasteiger partial charge in [-0.3, -0.25) is 9.59 Å². The Balaban J connectivity index is 4.36. The molecule has 0 N–H and O–H groups in total. The second kappa shape index (κ2) is 5.45. The van der Waals surface area contributed by atoms with Crippen LogP contribution in [0.25, 0.3) is 0 Å². The summed E-state index contributed by atoms with van der Waals surface area (Å²) in [6.45, 7) is 0. The topological polar surface area (TPSA) is 52.6 Å². The fourth-order valence-corrected chi connectivity index (χ4v) is 0.751. The third-order valence-electron chi connectivity index (χ3n) is 1.39. The number of esters is 2. The molecule has 0 rings (SSSR count). The van der Waals surface area contributed by atoms with Gasteiger partial charge in [-0.1, -0.05) is 0 Å². The van der Waals surface area contributed by atoms with Gasteiger partial charge in [-0.15, -0.1) is 0 Å². The molecule has 0 amide bonds. The molecule has 0 unspecified atom stereocenters. The second-order valence-corrected chi connectivity index (χ2v) is 2.23. The van der Waals surface area contributed by atoms with Gasteiger partial charge in [0.1, 0.15) is 0 Å². The van der Waals surface area contributed by atoms with Gasteiger partial charge in [0.05, 0.1) is 14.2 Å². The Morgan fingerprint density at radius 2 is 1.54 bits per heavy atom. The van der Waals surface area contributed by atoms with E-state index in [4.69, 9.17) is 0 Å². The molecule has 0 aliphatic carbocycles. The van der Waals surface area contributed by atoms with Gasteiger partial charge >= 0.3 is 11.9 Å². The minimum absolute atomic E-state index is 0.876. The van der Waals surface area contributed by atoms with Crippen LogP contribution in [-0.2, 0) is 19.1 Å². The first-order valence-electron chi connectivity index (χ1n) is 3.46. The monoisotopic (exact) mass is 196 g/mol. The normalized spacial score (nSPS) is 10.3. The van der Waals surface area contributed by atoms with Crippen molar-refractivity contribution in [3.8, 4) is 0 Å². The highest BCUT2D eigenvalue weighted by atomic mass is 19.3. The van der Waals surface area contributed by atoms with Crippen molar-refractivity contribution in [3.05, 3.63) is 0 Å². The molecule has 6 heteroatoms. The Morgan fingerprint density at radius 3 is 1.77 bits per heavy atom. The maximum absolute atomic E-state index is 11.9. The Morgan fingerprint density at radius 1 is 1.15 bits per heavy atom. The molecule has 0 aromatic carbocycles. The van der Waals surface area contributed by atoms with Crippen molar-refractivity contribution >= 4 is 11.9 Å². The van der Waals surface area contributed by atoms with E-state index in [1.807, 2.05) is 0 Å². The summed E-state index contributed by atoms with van der Waals surface area (Å²) in [7, 11) is 2.04. The summed E-state index contributed by atoms with van der Waals surface area (Å²) >= 11 is 0. The van der Waals surface area contributed by atoms with Crippen LogP contribution in [0.15, 0.2) is 0 Å². The van der Waals surface area contributed by atoms with Crippen molar-refractivity contribution in [2.24, 2.45) is 5.92 Å². The Kier molecular flexibility index (Phi) is 4.94. The summed E-state index contributed by atoms with van der Waals surface area (Å²) < 4.78 is 32.1. The molecule has 0 heterocycles. The molecule has 0 fully saturated rings. The van der Waals surface area contributed by atoms with Crippen molar-refractivity contribution in [2.75, 3.05) is 14.2 Å². The molecular formula is C7H10F2O4. The summed E-state index contributed by atoms with van der Waals surface area (Å²) in [5.74, 6) is -3.55. The van der Waals surface area contributed by atoms with Gasteiger partial charge < -0.3 is 9.47 Å². The van der Waals surface area contributed by atoms with Gasteiger partial charge in [-0.25, -0.2) is 8.78 Å². The number of hydrogen-bond acceptors (Lipinski definition) is 4. The Hall–Kier alpha value is -1.20. The van der Waals surface area contributed by atoms with Gasteiger partial charge in [0, 0.05) is 6.42 Å². The van der Waals surface area contributed by atoms with Crippen molar-refractivity contribution in [2.45, 2.75) is 12.8 Å². The largest absolute Gasteiger partial charge is 0.468 e. The van der Waals surface area contributed by atoms with Crippen LogP contribution in [0.3, 0.4) is 0 Å². The number of halogens is 2. The molecule has 0 saturated heterocycles. The predicted molar refractivity (Wildman–Crippen MR) is 38.1 cm³/mol. The van der Waals surface area contributed by atoms with Crippen LogP contribution in [0.1, 0.15) is 6.42 Å². The first-order chi connectivity index (χ1) is 6.02. The molecule has 0 aromatic heterocycles. The van der Waals surface area contributed by atoms with E-state index in [1.165, 1.54) is 0 Å². The van der Waals surface area contributed by atoms with E-state index in [2.05, 4.69) is 9.47 Å². The van der Waals surface area contributed by atoms with Crippen LogP contribution in [-0.4, -0.2) is 32.6 Å². The van der Waals surface area contributed by atoms with Crippen LogP contribution in [0.5, 0.6) is 0 Å². The molecule has 0 saturated carbocycles. The van der Waals surface area contributed by atoms with Gasteiger partial charge in [0.15, 0.2) is 5.92 Å². The fraction of sp³-hybridized carbons (Fsp3) is 0.714. The van der Waals surface area contributed by atoms with Crippen LogP contribution >= 0.6 is 0 Å². The van der Waals surface area contributed by atoms with E-state index in [-0.39, 0.29) is 0 Å². The van der Waals surface area contributed by atoms with Crippen LogP contribution in [0.2, 0.25) is 0 Å². The Bertz CT molecular complexity index is 177. The lowest BCUT2D eigenvalue weighted by Crippen LogP contribution is -2.28. The lowest BCUT2D eigenvalue weighted by Gasteiger charge is -2.10. The predicted octanol–water partition coefficient (Wildman–Crippen LogP) is 0.604. The maximum atomic E-state index is 11.9. The summed E-state index contributed by atoms with van der Waals surface area (Å²) in [4.78, 5) is 21.6. The highest BCUT2D eigenvalue weighted by molar-refractivity contribution is 5.94. The van der Waals surface area contributed by atoms with E-state index in [0.717, 1.165) is 14.2 Å². The summed E-state index contributed by atoms with van der Waals surface area (Å²) in [6.07, 6.45) is -3.62. The molecule has 0 bridgehead atoms. The maximum Gasteiger partial charge on any atom is 0.320 e. The highest BCUT2D eigenvalue weighted by Gasteiger charge is 2.31. The molecule has 0 spiro atoms. The Labute approximate surface area is 73.8 Å². The lowest BCUT2D eigenvalue weighted by molar-refractivity contribution is -0.160. The fourth-order valence-electron chi connectivity index (χ4n) is 0.751. The average molecular weight is 196 g/mol. The molecular weight excluding hydrogens is 186 g/mol. The number of ether oxygens (including phenoxy) is 2. The minimum atomic E-state index is -2.75. The van der Waals surface area contributed by atoms with Crippen molar-refractivity contribution in [1.29, 1.82) is 0 Å². The third-order valence-corrected chi connectivity index (χ3v) is 1.39. The second-order valence-electron chi connectivity index (χ2n) is 2.23. The number of methoxy groups -OCH3 is 2. The molecule has 13 heavy (non-hydrogen) atoms. The van der Waals surface area contributed by atoms with Crippen LogP contribution in [0.4, 0.5) is 8.78 Å². The smallest absolute Gasteiger partial charge is 0.320 e. The van der Waals surface area contributed by atoms with E-state index >= 15 is 0 Å². The van der Waals surface area contributed by atoms with Crippen molar-refractivity contribution in [3.63, 3.8) is 0 Å². The standard InChI is InChI=1S/C7H10F2O4/c1-12-6(10)4(3-5(8)9)7(11)13-2/h4-5H,3H2,1-2H3. The van der Waals surface area contributed by atoms with Gasteiger partial charge in [-0.2, -0.15) is 0 Å². The molecule has 0 aliphatic rings. The molecule has 0 aliphatic heterocycles. The highest BCUT2D eigenvalue weighted by Crippen LogP contribution is 2.13. The molecule has 76 valence electrons. The summed E-state index contributed by atoms with van der Waals surface area (Å²) in [5.41, 5.74) is 0. The summed E-state index contributed by atoms with van der Waals surface area (Å²) in [6, 6.07) is 0. The van der Waals surface area contributed by atoms with Gasteiger partial charge in [0.25, 0.3) is 0 Å². The molecule has 0 radical (unpaired) electrons. The summed E-state index contributed by atoms with van der Waals surface area (Å²) in [5, 5.41) is 0. The molecule has 0 atom stereocenters. The number of carbonyl (C=O) groups is 2. The average Bonchev–Trinajstić information content (AvgIpc) is 2.11. The van der Waals surface area contributed by atoms with Crippen molar-refractivity contribution < 1.29 is 27.8 Å². The quantitative estimate of drug-likeness (QED) is 0.488. The van der Waals surface area contributed by atoms with Crippen molar-refractivity contribution in [1.82, 2.24) is 0 Å². The van der Waals surface area contributed by atoms with Gasteiger partial charge in [-0.05, 0) is 0 Å². The van der Waals surface area contributed by atoms with Crippen LogP contribution in [0, 0.1) is 5.92 Å². The number of alkyl halides is 2. The van der Waals surface area contributed by atoms with E-state index < -0.39 is 30.7 Å². The molecule has 0 aromatic rings. The first-order valence-corrected chi connectivity index (χ1v) is 3.46.